The van der Waals surface area contributed by atoms with Gasteiger partial charge in [0.25, 0.3) is 0 Å². The number of fused-ring (bicyclic) bond motifs is 5. The molecule has 0 aromatic heterocycles. The van der Waals surface area contributed by atoms with Gasteiger partial charge in [0.15, 0.2) is 11.1 Å². The highest BCUT2D eigenvalue weighted by Crippen LogP contribution is 2.68. The maximum atomic E-state index is 12.6. The average Bonchev–Trinajstić information content (AvgIpc) is 3.14. The second-order valence-electron chi connectivity index (χ2n) is 15.6. The predicted molar refractivity (Wildman–Crippen MR) is 155 cm³/mol. The Kier molecular flexibility index (Phi) is 8.93. The van der Waals surface area contributed by atoms with Crippen LogP contribution in [-0.4, -0.2) is 10.3 Å². The molecular formula is C33H58O2S. The molecule has 0 aliphatic heterocycles. The van der Waals surface area contributed by atoms with Gasteiger partial charge >= 0.3 is 0 Å². The van der Waals surface area contributed by atoms with Gasteiger partial charge in [0, 0.05) is 5.41 Å². The molecule has 0 radical (unpaired) electrons. The normalized spacial score (nSPS) is 42.7. The Morgan fingerprint density at radius 2 is 1.61 bits per heavy atom. The Balaban J connectivity index is 1.37. The van der Waals surface area contributed by atoms with E-state index in [1.807, 2.05) is 6.08 Å². The van der Waals surface area contributed by atoms with Crippen molar-refractivity contribution in [2.24, 2.45) is 57.7 Å². The molecule has 4 fully saturated rings. The first-order valence-corrected chi connectivity index (χ1v) is 16.7. The Morgan fingerprint density at radius 1 is 0.917 bits per heavy atom. The standard InChI is InChI=1S/C33H58O2S/c1-23(2)10-9-11-24(3)28-14-15-29-27-13-12-25-22-26(35-36(34)21-20-31(4,5)6)16-18-32(25,7)30(27)17-19-33(28,29)8/h20-21,23-30H,9-19,22H2,1-8H3/b21-20+/t24-,25?,26+,27+,28-,29+,30+,32+,33-,36-/m1/s1. The molecule has 0 saturated heterocycles. The summed E-state index contributed by atoms with van der Waals surface area (Å²) in [6, 6.07) is 0. The minimum absolute atomic E-state index is 0.0448. The minimum Gasteiger partial charge on any atom is -0.284 e. The lowest BCUT2D eigenvalue weighted by Gasteiger charge is -2.61. The maximum absolute atomic E-state index is 12.6. The number of hydrogen-bond donors (Lipinski definition) is 0. The van der Waals surface area contributed by atoms with Crippen molar-refractivity contribution in [3.8, 4) is 0 Å². The minimum atomic E-state index is -1.30. The van der Waals surface area contributed by atoms with E-state index in [1.54, 1.807) is 5.41 Å². The van der Waals surface area contributed by atoms with Crippen LogP contribution in [0.4, 0.5) is 0 Å². The molecule has 36 heavy (non-hydrogen) atoms. The Bertz CT molecular complexity index is 796. The van der Waals surface area contributed by atoms with Gasteiger partial charge in [-0.2, -0.15) is 0 Å². The first kappa shape index (κ1) is 28.8. The maximum Gasteiger partial charge on any atom is 0.181 e. The van der Waals surface area contributed by atoms with Crippen LogP contribution >= 0.6 is 0 Å². The van der Waals surface area contributed by atoms with Gasteiger partial charge in [-0.25, -0.2) is 4.21 Å². The molecular weight excluding hydrogens is 460 g/mol. The van der Waals surface area contributed by atoms with E-state index in [9.17, 15) is 4.21 Å². The van der Waals surface area contributed by atoms with Crippen molar-refractivity contribution in [1.82, 2.24) is 0 Å². The van der Waals surface area contributed by atoms with Gasteiger partial charge in [0.2, 0.25) is 0 Å². The molecule has 0 aromatic rings. The van der Waals surface area contributed by atoms with Crippen LogP contribution in [0.15, 0.2) is 11.5 Å². The second-order valence-corrected chi connectivity index (χ2v) is 16.6. The predicted octanol–water partition coefficient (Wildman–Crippen LogP) is 9.72. The fourth-order valence-electron chi connectivity index (χ4n) is 9.76. The third-order valence-electron chi connectivity index (χ3n) is 11.7. The largest absolute Gasteiger partial charge is 0.284 e. The monoisotopic (exact) mass is 518 g/mol. The van der Waals surface area contributed by atoms with Gasteiger partial charge in [0.1, 0.15) is 0 Å². The van der Waals surface area contributed by atoms with Gasteiger partial charge in [-0.3, -0.25) is 4.18 Å². The summed E-state index contributed by atoms with van der Waals surface area (Å²) < 4.78 is 18.6. The van der Waals surface area contributed by atoms with Gasteiger partial charge < -0.3 is 0 Å². The van der Waals surface area contributed by atoms with Crippen LogP contribution in [0.2, 0.25) is 0 Å². The van der Waals surface area contributed by atoms with Crippen LogP contribution in [-0.2, 0) is 15.3 Å². The highest BCUT2D eigenvalue weighted by Gasteiger charge is 2.60. The van der Waals surface area contributed by atoms with Crippen molar-refractivity contribution < 1.29 is 8.39 Å². The molecule has 1 unspecified atom stereocenters. The van der Waals surface area contributed by atoms with E-state index in [0.29, 0.717) is 10.8 Å². The van der Waals surface area contributed by atoms with Crippen molar-refractivity contribution in [3.05, 3.63) is 11.5 Å². The molecule has 2 nitrogen and oxygen atoms in total. The van der Waals surface area contributed by atoms with E-state index in [2.05, 4.69) is 55.4 Å². The zero-order valence-electron chi connectivity index (χ0n) is 25.0. The van der Waals surface area contributed by atoms with E-state index in [0.717, 1.165) is 54.3 Å². The third kappa shape index (κ3) is 6.03. The fraction of sp³-hybridized carbons (Fsp3) is 0.939. The summed E-state index contributed by atoms with van der Waals surface area (Å²) in [6.45, 7) is 19.1. The zero-order chi connectivity index (χ0) is 26.3. The van der Waals surface area contributed by atoms with Crippen molar-refractivity contribution >= 4 is 11.1 Å². The van der Waals surface area contributed by atoms with E-state index in [1.165, 1.54) is 64.2 Å². The molecule has 0 aromatic carbocycles. The molecule has 0 heterocycles. The van der Waals surface area contributed by atoms with Crippen molar-refractivity contribution in [2.45, 2.75) is 139 Å². The molecule has 0 spiro atoms. The van der Waals surface area contributed by atoms with E-state index < -0.39 is 11.1 Å². The Hall–Kier alpha value is -0.150. The second kappa shape index (κ2) is 11.1. The molecule has 208 valence electrons. The summed E-state index contributed by atoms with van der Waals surface area (Å²) in [4.78, 5) is 0. The average molecular weight is 519 g/mol. The van der Waals surface area contributed by atoms with Gasteiger partial charge in [-0.05, 0) is 115 Å². The molecule has 0 N–H and O–H groups in total. The number of hydrogen-bond acceptors (Lipinski definition) is 2. The SMILES string of the molecule is CC(C)CCC[C@@H](C)[C@H]1CC[C@H]2[C@@H]3CCC4C[C@@H](O[S@@](=O)/C=C/C(C)(C)C)CC[C@]4(C)[C@H]3CC[C@]12C. The summed E-state index contributed by atoms with van der Waals surface area (Å²) in [5.41, 5.74) is 1.09. The Morgan fingerprint density at radius 3 is 2.31 bits per heavy atom. The molecule has 4 aliphatic rings. The van der Waals surface area contributed by atoms with E-state index in [4.69, 9.17) is 4.18 Å². The third-order valence-corrected chi connectivity index (χ3v) is 12.5. The lowest BCUT2D eigenvalue weighted by molar-refractivity contribution is -0.126. The van der Waals surface area contributed by atoms with Crippen molar-refractivity contribution in [3.63, 3.8) is 0 Å². The zero-order valence-corrected chi connectivity index (χ0v) is 25.8. The fourth-order valence-corrected chi connectivity index (χ4v) is 10.8. The molecule has 4 aliphatic carbocycles. The Labute approximate surface area is 226 Å². The van der Waals surface area contributed by atoms with Crippen LogP contribution in [0.5, 0.6) is 0 Å². The lowest BCUT2D eigenvalue weighted by Crippen LogP contribution is -2.54. The molecule has 3 heteroatoms. The van der Waals surface area contributed by atoms with Gasteiger partial charge in [-0.1, -0.05) is 80.7 Å². The first-order valence-electron chi connectivity index (χ1n) is 15.6. The lowest BCUT2D eigenvalue weighted by atomic mass is 9.44. The van der Waals surface area contributed by atoms with Crippen LogP contribution in [0.25, 0.3) is 0 Å². The summed E-state index contributed by atoms with van der Waals surface area (Å²) in [6.07, 6.45) is 18.6. The summed E-state index contributed by atoms with van der Waals surface area (Å²) >= 11 is -1.30. The van der Waals surface area contributed by atoms with Gasteiger partial charge in [-0.15, -0.1) is 0 Å². The summed E-state index contributed by atoms with van der Waals surface area (Å²) in [5, 5.41) is 1.77. The quantitative estimate of drug-likeness (QED) is 0.319. The first-order chi connectivity index (χ1) is 16.8. The summed E-state index contributed by atoms with van der Waals surface area (Å²) in [5.74, 6) is 6.23. The molecule has 0 amide bonds. The topological polar surface area (TPSA) is 26.3 Å². The molecule has 10 atom stereocenters. The van der Waals surface area contributed by atoms with Crippen LogP contribution in [0, 0.1) is 57.7 Å². The van der Waals surface area contributed by atoms with E-state index >= 15 is 0 Å². The van der Waals surface area contributed by atoms with Gasteiger partial charge in [0.05, 0.1) is 6.10 Å². The van der Waals surface area contributed by atoms with Crippen LogP contribution in [0.3, 0.4) is 0 Å². The molecule has 4 rings (SSSR count). The van der Waals surface area contributed by atoms with Crippen molar-refractivity contribution in [1.29, 1.82) is 0 Å². The van der Waals surface area contributed by atoms with Crippen molar-refractivity contribution in [2.75, 3.05) is 0 Å². The smallest absolute Gasteiger partial charge is 0.181 e. The highest BCUT2D eigenvalue weighted by molar-refractivity contribution is 7.83. The van der Waals surface area contributed by atoms with Crippen LogP contribution in [0.1, 0.15) is 132 Å². The number of rotatable bonds is 8. The molecule has 4 saturated carbocycles. The van der Waals surface area contributed by atoms with Crippen LogP contribution < -0.4 is 0 Å². The molecule has 0 bridgehead atoms. The number of allylic oxidation sites excluding steroid dienone is 1. The van der Waals surface area contributed by atoms with E-state index in [-0.39, 0.29) is 11.5 Å². The summed E-state index contributed by atoms with van der Waals surface area (Å²) in [7, 11) is 0. The highest BCUT2D eigenvalue weighted by atomic mass is 32.2.